The van der Waals surface area contributed by atoms with Gasteiger partial charge in [0.25, 0.3) is 0 Å². The van der Waals surface area contributed by atoms with Gasteiger partial charge in [0.05, 0.1) is 18.8 Å². The number of hydrogen-bond acceptors (Lipinski definition) is 3. The third-order valence-electron chi connectivity index (χ3n) is 2.84. The first kappa shape index (κ1) is 15.9. The van der Waals surface area contributed by atoms with Crippen molar-refractivity contribution in [2.45, 2.75) is 26.6 Å². The van der Waals surface area contributed by atoms with E-state index in [1.807, 2.05) is 25.1 Å². The van der Waals surface area contributed by atoms with Gasteiger partial charge in [0.1, 0.15) is 5.82 Å². The lowest BCUT2D eigenvalue weighted by Gasteiger charge is -2.12. The average Bonchev–Trinajstić information content (AvgIpc) is 3.00. The summed E-state index contributed by atoms with van der Waals surface area (Å²) in [4.78, 5) is 12.5. The van der Waals surface area contributed by atoms with E-state index in [4.69, 9.17) is 0 Å². The Morgan fingerprint density at radius 2 is 2.14 bits per heavy atom. The second-order valence-corrected chi connectivity index (χ2v) is 4.40. The van der Waals surface area contributed by atoms with Crippen LogP contribution in [0, 0.1) is 0 Å². The van der Waals surface area contributed by atoms with Crippen LogP contribution in [-0.2, 0) is 13.1 Å². The highest BCUT2D eigenvalue weighted by molar-refractivity contribution is 5.79. The SMILES string of the molecule is CCNC(=NCc1ccccn1)NCc1nccn1C(F)F. The number of alkyl halides is 2. The molecular formula is C14H18F2N6. The maximum Gasteiger partial charge on any atom is 0.319 e. The van der Waals surface area contributed by atoms with Gasteiger partial charge >= 0.3 is 6.55 Å². The molecule has 0 unspecified atom stereocenters. The largest absolute Gasteiger partial charge is 0.357 e. The molecular weight excluding hydrogens is 290 g/mol. The fraction of sp³-hybridized carbons (Fsp3) is 0.357. The van der Waals surface area contributed by atoms with Crippen molar-refractivity contribution in [1.29, 1.82) is 0 Å². The third kappa shape index (κ3) is 4.51. The summed E-state index contributed by atoms with van der Waals surface area (Å²) in [6, 6.07) is 5.59. The number of halogens is 2. The first-order valence-corrected chi connectivity index (χ1v) is 6.92. The standard InChI is InChI=1S/C14H18F2N6/c1-2-17-14(20-9-11-5-3-4-6-18-11)21-10-12-19-7-8-22(12)13(15)16/h3-8,13H,2,9-10H2,1H3,(H2,17,20,21). The van der Waals surface area contributed by atoms with Gasteiger partial charge in [-0.15, -0.1) is 0 Å². The summed E-state index contributed by atoms with van der Waals surface area (Å²) < 4.78 is 26.3. The van der Waals surface area contributed by atoms with Gasteiger partial charge in [-0.05, 0) is 19.1 Å². The lowest BCUT2D eigenvalue weighted by Crippen LogP contribution is -2.37. The Morgan fingerprint density at radius 1 is 1.27 bits per heavy atom. The van der Waals surface area contributed by atoms with E-state index in [2.05, 4.69) is 25.6 Å². The van der Waals surface area contributed by atoms with Crippen molar-refractivity contribution in [3.63, 3.8) is 0 Å². The molecule has 0 saturated carbocycles. The summed E-state index contributed by atoms with van der Waals surface area (Å²) >= 11 is 0. The van der Waals surface area contributed by atoms with Crippen LogP contribution in [-0.4, -0.2) is 27.0 Å². The van der Waals surface area contributed by atoms with Gasteiger partial charge in [-0.3, -0.25) is 9.55 Å². The number of imidazole rings is 1. The van der Waals surface area contributed by atoms with Crippen molar-refractivity contribution in [3.05, 3.63) is 48.3 Å². The zero-order valence-corrected chi connectivity index (χ0v) is 12.2. The highest BCUT2D eigenvalue weighted by Crippen LogP contribution is 2.11. The monoisotopic (exact) mass is 308 g/mol. The second-order valence-electron chi connectivity index (χ2n) is 4.40. The fourth-order valence-electron chi connectivity index (χ4n) is 1.81. The highest BCUT2D eigenvalue weighted by Gasteiger charge is 2.11. The smallest absolute Gasteiger partial charge is 0.319 e. The van der Waals surface area contributed by atoms with Crippen LogP contribution >= 0.6 is 0 Å². The maximum absolute atomic E-state index is 12.7. The van der Waals surface area contributed by atoms with Gasteiger partial charge in [-0.25, -0.2) is 9.98 Å². The van der Waals surface area contributed by atoms with Crippen LogP contribution < -0.4 is 10.6 Å². The Balaban J connectivity index is 1.98. The molecule has 8 heteroatoms. The van der Waals surface area contributed by atoms with Gasteiger partial charge in [0.15, 0.2) is 5.96 Å². The normalized spacial score (nSPS) is 11.7. The number of aliphatic imine (C=N–C) groups is 1. The van der Waals surface area contributed by atoms with E-state index in [9.17, 15) is 8.78 Å². The molecule has 2 rings (SSSR count). The molecule has 2 heterocycles. The Bertz CT molecular complexity index is 596. The number of rotatable bonds is 6. The third-order valence-corrected chi connectivity index (χ3v) is 2.84. The molecule has 0 radical (unpaired) electrons. The molecule has 0 spiro atoms. The summed E-state index contributed by atoms with van der Waals surface area (Å²) in [5.74, 6) is 0.774. The van der Waals surface area contributed by atoms with Crippen molar-refractivity contribution >= 4 is 5.96 Å². The molecule has 0 bridgehead atoms. The van der Waals surface area contributed by atoms with Gasteiger partial charge < -0.3 is 10.6 Å². The molecule has 0 saturated heterocycles. The molecule has 0 amide bonds. The van der Waals surface area contributed by atoms with Crippen LogP contribution in [0.1, 0.15) is 25.0 Å². The molecule has 2 aromatic heterocycles. The van der Waals surface area contributed by atoms with Crippen molar-refractivity contribution in [2.24, 2.45) is 4.99 Å². The fourth-order valence-corrected chi connectivity index (χ4v) is 1.81. The van der Waals surface area contributed by atoms with E-state index in [-0.39, 0.29) is 12.4 Å². The number of nitrogens with one attached hydrogen (secondary N) is 2. The van der Waals surface area contributed by atoms with Crippen molar-refractivity contribution in [2.75, 3.05) is 6.54 Å². The summed E-state index contributed by atoms with van der Waals surface area (Å²) in [5.41, 5.74) is 0.828. The van der Waals surface area contributed by atoms with Crippen LogP contribution in [0.25, 0.3) is 0 Å². The molecule has 0 aliphatic rings. The first-order valence-electron chi connectivity index (χ1n) is 6.92. The van der Waals surface area contributed by atoms with Crippen molar-refractivity contribution < 1.29 is 8.78 Å². The minimum Gasteiger partial charge on any atom is -0.357 e. The zero-order valence-electron chi connectivity index (χ0n) is 12.2. The van der Waals surface area contributed by atoms with Crippen LogP contribution in [0.15, 0.2) is 41.8 Å². The second kappa shape index (κ2) is 8.06. The minimum atomic E-state index is -2.60. The van der Waals surface area contributed by atoms with Crippen LogP contribution in [0.4, 0.5) is 8.78 Å². The molecule has 0 atom stereocenters. The maximum atomic E-state index is 12.7. The Morgan fingerprint density at radius 3 is 2.82 bits per heavy atom. The number of hydrogen-bond donors (Lipinski definition) is 2. The van der Waals surface area contributed by atoms with Gasteiger partial charge in [-0.1, -0.05) is 6.07 Å². The molecule has 2 N–H and O–H groups in total. The summed E-state index contributed by atoms with van der Waals surface area (Å²) in [7, 11) is 0. The lowest BCUT2D eigenvalue weighted by molar-refractivity contribution is 0.0668. The molecule has 6 nitrogen and oxygen atoms in total. The topological polar surface area (TPSA) is 67.1 Å². The van der Waals surface area contributed by atoms with Gasteiger partial charge in [0.2, 0.25) is 0 Å². The Kier molecular flexibility index (Phi) is 5.81. The van der Waals surface area contributed by atoms with E-state index in [0.29, 0.717) is 19.0 Å². The highest BCUT2D eigenvalue weighted by atomic mass is 19.3. The summed E-state index contributed by atoms with van der Waals surface area (Å²) in [6.45, 7) is 0.549. The van der Waals surface area contributed by atoms with Crippen LogP contribution in [0.2, 0.25) is 0 Å². The molecule has 22 heavy (non-hydrogen) atoms. The predicted octanol–water partition coefficient (Wildman–Crippen LogP) is 1.93. The predicted molar refractivity (Wildman–Crippen MR) is 79.4 cm³/mol. The van der Waals surface area contributed by atoms with Gasteiger partial charge in [0, 0.05) is 25.1 Å². The molecule has 2 aromatic rings. The quantitative estimate of drug-likeness (QED) is 0.632. The van der Waals surface area contributed by atoms with E-state index < -0.39 is 6.55 Å². The van der Waals surface area contributed by atoms with Crippen LogP contribution in [0.5, 0.6) is 0 Å². The molecule has 118 valence electrons. The number of pyridine rings is 1. The minimum absolute atomic E-state index is 0.158. The molecule has 0 fully saturated rings. The molecule has 0 aromatic carbocycles. The zero-order chi connectivity index (χ0) is 15.8. The lowest BCUT2D eigenvalue weighted by atomic mass is 10.3. The summed E-state index contributed by atoms with van der Waals surface area (Å²) in [5, 5.41) is 6.03. The first-order chi connectivity index (χ1) is 10.7. The summed E-state index contributed by atoms with van der Waals surface area (Å²) in [6.07, 6.45) is 4.30. The number of nitrogens with zero attached hydrogens (tertiary/aromatic N) is 4. The Labute approximate surface area is 127 Å². The van der Waals surface area contributed by atoms with E-state index in [1.54, 1.807) is 6.20 Å². The molecule has 0 aliphatic heterocycles. The van der Waals surface area contributed by atoms with E-state index >= 15 is 0 Å². The molecule has 0 aliphatic carbocycles. The van der Waals surface area contributed by atoms with E-state index in [0.717, 1.165) is 10.3 Å². The van der Waals surface area contributed by atoms with E-state index in [1.165, 1.54) is 12.4 Å². The van der Waals surface area contributed by atoms with Gasteiger partial charge in [-0.2, -0.15) is 8.78 Å². The number of guanidine groups is 1. The Hall–Kier alpha value is -2.51. The van der Waals surface area contributed by atoms with Crippen LogP contribution in [0.3, 0.4) is 0 Å². The van der Waals surface area contributed by atoms with Crippen molar-refractivity contribution in [3.8, 4) is 0 Å². The number of aromatic nitrogens is 3. The van der Waals surface area contributed by atoms with Crippen molar-refractivity contribution in [1.82, 2.24) is 25.2 Å². The average molecular weight is 308 g/mol.